The van der Waals surface area contributed by atoms with Crippen LogP contribution >= 0.6 is 0 Å². The Morgan fingerprint density at radius 3 is 0.737 bits per heavy atom. The van der Waals surface area contributed by atoms with Crippen LogP contribution in [0, 0.1) is 16.2 Å². The van der Waals surface area contributed by atoms with Crippen molar-refractivity contribution in [1.29, 1.82) is 0 Å². The lowest BCUT2D eigenvalue weighted by atomic mass is 9.90. The third-order valence-electron chi connectivity index (χ3n) is 13.1. The van der Waals surface area contributed by atoms with E-state index in [1.54, 1.807) is 0 Å². The number of rotatable bonds is 57. The SMILES string of the molecule is C=CC(=O)OCC(COC(=O)C=C)(COC(=O)C=C)COC(=O)NCCCCCCNC(=O)ON(CCCCCCN(C=O)CC(COC(=O)C=C)(COC(=O)C=C)COC(=O)C=C)OC(=O)NCCCCCCNC(=O)OCC(COC(=O)C=C)(COC(=O)C=C)COC(=O)C=C.O. The lowest BCUT2D eigenvalue weighted by Crippen LogP contribution is -2.48. The summed E-state index contributed by atoms with van der Waals surface area (Å²) in [6, 6.07) is 0. The van der Waals surface area contributed by atoms with Gasteiger partial charge in [-0.05, 0) is 38.5 Å². The monoisotopic (exact) mass is 1410 g/mol. The number of unbranched alkanes of at least 4 members (excludes halogenated alkanes) is 9. The van der Waals surface area contributed by atoms with Gasteiger partial charge in [0.15, 0.2) is 0 Å². The van der Waals surface area contributed by atoms with Gasteiger partial charge in [-0.15, -0.1) is 0 Å². The van der Waals surface area contributed by atoms with E-state index in [2.05, 4.69) is 80.5 Å². The highest BCUT2D eigenvalue weighted by Crippen LogP contribution is 2.25. The summed E-state index contributed by atoms with van der Waals surface area (Å²) in [4.78, 5) is 184. The van der Waals surface area contributed by atoms with Gasteiger partial charge in [-0.3, -0.25) is 4.79 Å². The molecular formula is C65H94N6O28. The summed E-state index contributed by atoms with van der Waals surface area (Å²) >= 11 is 0. The molecule has 0 aromatic heterocycles. The van der Waals surface area contributed by atoms with E-state index >= 15 is 0 Å². The summed E-state index contributed by atoms with van der Waals surface area (Å²) in [5, 5.41) is 11.0. The van der Waals surface area contributed by atoms with Gasteiger partial charge in [0.1, 0.15) is 83.5 Å². The van der Waals surface area contributed by atoms with Crippen molar-refractivity contribution in [3.05, 3.63) is 114 Å². The van der Waals surface area contributed by atoms with Crippen LogP contribution in [0.15, 0.2) is 114 Å². The predicted octanol–water partition coefficient (Wildman–Crippen LogP) is 3.86. The topological polar surface area (TPSA) is 445 Å². The molecule has 0 aromatic rings. The average Bonchev–Trinajstić information content (AvgIpc) is 0.892. The third kappa shape index (κ3) is 44.7. The molecule has 0 spiro atoms. The number of amides is 5. The molecule has 0 saturated carbocycles. The molecule has 5 amide bonds. The fourth-order valence-corrected chi connectivity index (χ4v) is 7.69. The van der Waals surface area contributed by atoms with Crippen LogP contribution in [0.5, 0.6) is 0 Å². The normalized spacial score (nSPS) is 10.6. The largest absolute Gasteiger partial charge is 0.462 e. The van der Waals surface area contributed by atoms with Gasteiger partial charge in [-0.1, -0.05) is 97.7 Å². The Balaban J connectivity index is 0. The number of ether oxygens (including phenoxy) is 11. The Morgan fingerprint density at radius 1 is 0.283 bits per heavy atom. The zero-order valence-corrected chi connectivity index (χ0v) is 55.8. The van der Waals surface area contributed by atoms with E-state index in [9.17, 15) is 67.1 Å². The summed E-state index contributed by atoms with van der Waals surface area (Å²) in [6.45, 7) is 24.9. The number of nitrogens with one attached hydrogen (secondary N) is 4. The molecule has 0 aliphatic rings. The molecule has 6 N–H and O–H groups in total. The van der Waals surface area contributed by atoms with Crippen LogP contribution in [0.1, 0.15) is 77.0 Å². The van der Waals surface area contributed by atoms with Crippen molar-refractivity contribution in [2.24, 2.45) is 16.2 Å². The van der Waals surface area contributed by atoms with Crippen LogP contribution in [0.3, 0.4) is 0 Å². The zero-order valence-electron chi connectivity index (χ0n) is 55.8. The van der Waals surface area contributed by atoms with Gasteiger partial charge in [0, 0.05) is 99.2 Å². The van der Waals surface area contributed by atoms with Gasteiger partial charge in [0.2, 0.25) is 6.41 Å². The van der Waals surface area contributed by atoms with Crippen LogP contribution in [0.25, 0.3) is 0 Å². The van der Waals surface area contributed by atoms with E-state index in [-0.39, 0.29) is 57.7 Å². The molecule has 0 aliphatic carbocycles. The minimum Gasteiger partial charge on any atom is -0.462 e. The van der Waals surface area contributed by atoms with Crippen LogP contribution in [0.4, 0.5) is 19.2 Å². The standard InChI is InChI=1S/C65H92N6O27.H2O/c1-10-50(73)86-38-63(39-87-51(74)11-2,40-88-52(75)12-3)37-70(49-72)35-29-23-24-30-36-71(97-61(84)68-33-27-21-19-25-31-66-59(82)95-47-64(41-89-53(76)13-4,42-90-54(77)14-5)43-91-55(78)15-6)98-62(85)69-34-28-22-20-26-32-67-60(83)96-48-65(44-92-56(79)16-7,45-93-57(80)17-8)46-94-58(81)18-9;/h10-18,49H,1-9,19-48H2,(H,66,82)(H,67,83)(H,68,84)(H,69,85);1H2. The molecule has 34 nitrogen and oxygen atoms in total. The summed E-state index contributed by atoms with van der Waals surface area (Å²) in [5.41, 5.74) is -4.50. The maximum atomic E-state index is 13.0. The van der Waals surface area contributed by atoms with Crippen molar-refractivity contribution in [1.82, 2.24) is 31.4 Å². The minimum absolute atomic E-state index is 0. The zero-order chi connectivity index (χ0) is 73.5. The summed E-state index contributed by atoms with van der Waals surface area (Å²) in [6.07, 6.45) is 10.4. The maximum Gasteiger partial charge on any atom is 0.429 e. The van der Waals surface area contributed by atoms with Crippen molar-refractivity contribution in [3.63, 3.8) is 0 Å². The first-order valence-corrected chi connectivity index (χ1v) is 30.7. The molecule has 0 radical (unpaired) electrons. The highest BCUT2D eigenvalue weighted by atomic mass is 17.0. The number of nitrogens with zero attached hydrogens (tertiary/aromatic N) is 2. The van der Waals surface area contributed by atoms with Crippen molar-refractivity contribution in [2.75, 3.05) is 118 Å². The van der Waals surface area contributed by atoms with E-state index in [0.29, 0.717) is 82.3 Å². The van der Waals surface area contributed by atoms with Crippen LogP contribution in [-0.4, -0.2) is 219 Å². The van der Waals surface area contributed by atoms with Crippen molar-refractivity contribution in [2.45, 2.75) is 77.0 Å². The maximum absolute atomic E-state index is 13.0. The third-order valence-corrected chi connectivity index (χ3v) is 13.1. The molecule has 552 valence electrons. The smallest absolute Gasteiger partial charge is 0.429 e. The Hall–Kier alpha value is -10.6. The van der Waals surface area contributed by atoms with Crippen LogP contribution < -0.4 is 21.3 Å². The molecule has 0 unspecified atom stereocenters. The molecule has 0 aliphatic heterocycles. The molecule has 0 bridgehead atoms. The minimum atomic E-state index is -1.53. The Kier molecular flexibility index (Phi) is 49.8. The molecule has 34 heteroatoms. The fourth-order valence-electron chi connectivity index (χ4n) is 7.69. The fraction of sp³-hybridized carbons (Fsp3) is 0.508. The van der Waals surface area contributed by atoms with E-state index in [4.69, 9.17) is 61.8 Å². The lowest BCUT2D eigenvalue weighted by Gasteiger charge is -2.35. The van der Waals surface area contributed by atoms with E-state index in [1.807, 2.05) is 0 Å². The molecule has 0 saturated heterocycles. The molecule has 0 fully saturated rings. The number of carbonyl (C=O) groups excluding carboxylic acids is 14. The highest BCUT2D eigenvalue weighted by Gasteiger charge is 2.40. The first kappa shape index (κ1) is 90.4. The number of carbonyl (C=O) groups is 14. The van der Waals surface area contributed by atoms with Crippen molar-refractivity contribution < 1.29 is 134 Å². The van der Waals surface area contributed by atoms with Gasteiger partial charge < -0.3 is 93.4 Å². The van der Waals surface area contributed by atoms with Crippen LogP contribution in [-0.2, 0) is 110 Å². The first-order valence-electron chi connectivity index (χ1n) is 30.7. The highest BCUT2D eigenvalue weighted by molar-refractivity contribution is 5.84. The number of esters is 9. The van der Waals surface area contributed by atoms with Crippen LogP contribution in [0.2, 0.25) is 0 Å². The van der Waals surface area contributed by atoms with Gasteiger partial charge in [0.25, 0.3) is 0 Å². The average molecular weight is 1410 g/mol. The molecular weight excluding hydrogens is 1310 g/mol. The van der Waals surface area contributed by atoms with Gasteiger partial charge in [-0.2, -0.15) is 0 Å². The van der Waals surface area contributed by atoms with Crippen molar-refractivity contribution >= 4 is 84.5 Å². The lowest BCUT2D eigenvalue weighted by molar-refractivity contribution is -0.296. The molecule has 0 atom stereocenters. The molecule has 99 heavy (non-hydrogen) atoms. The second-order valence-corrected chi connectivity index (χ2v) is 21.3. The number of hydrogen-bond acceptors (Lipinski definition) is 28. The van der Waals surface area contributed by atoms with Gasteiger partial charge >= 0.3 is 78.1 Å². The molecule has 0 rings (SSSR count). The quantitative estimate of drug-likeness (QED) is 0.0168. The number of hydroxylamine groups is 2. The first-order chi connectivity index (χ1) is 46.9. The second-order valence-electron chi connectivity index (χ2n) is 21.3. The number of alkyl carbamates (subject to hydrolysis) is 2. The molecule has 0 heterocycles. The van der Waals surface area contributed by atoms with Gasteiger partial charge in [-0.25, -0.2) is 62.3 Å². The van der Waals surface area contributed by atoms with E-state index < -0.39 is 167 Å². The molecule has 0 aromatic carbocycles. The van der Waals surface area contributed by atoms with Crippen molar-refractivity contribution in [3.8, 4) is 0 Å². The Bertz CT molecular complexity index is 2410. The Labute approximate surface area is 574 Å². The second kappa shape index (κ2) is 54.5. The summed E-state index contributed by atoms with van der Waals surface area (Å²) < 4.78 is 57.2. The van der Waals surface area contributed by atoms with E-state index in [1.165, 1.54) is 4.90 Å². The Morgan fingerprint density at radius 2 is 0.495 bits per heavy atom. The summed E-state index contributed by atoms with van der Waals surface area (Å²) in [5.74, 6) is -7.61. The van der Waals surface area contributed by atoms with E-state index in [0.717, 1.165) is 54.7 Å². The van der Waals surface area contributed by atoms with Gasteiger partial charge in [0.05, 0.1) is 12.0 Å². The number of hydrogen-bond donors (Lipinski definition) is 4. The summed E-state index contributed by atoms with van der Waals surface area (Å²) in [7, 11) is 0. The predicted molar refractivity (Wildman–Crippen MR) is 349 cm³/mol.